The lowest BCUT2D eigenvalue weighted by atomic mass is 10.5. The van der Waals surface area contributed by atoms with Crippen LogP contribution in [0.15, 0.2) is 6.07 Å². The van der Waals surface area contributed by atoms with Gasteiger partial charge in [0.1, 0.15) is 13.2 Å². The molecule has 1 heterocycles. The van der Waals surface area contributed by atoms with Crippen LogP contribution < -0.4 is 15.5 Å². The van der Waals surface area contributed by atoms with Crippen LogP contribution in [0.5, 0.6) is 5.88 Å². The van der Waals surface area contributed by atoms with E-state index in [4.69, 9.17) is 21.1 Å². The third-order valence-corrected chi connectivity index (χ3v) is 1.86. The smallest absolute Gasteiger partial charge is 0.418 e. The van der Waals surface area contributed by atoms with Crippen LogP contribution >= 0.6 is 0 Å². The second-order valence-electron chi connectivity index (χ2n) is 2.97. The van der Waals surface area contributed by atoms with Crippen LogP contribution in [0.4, 0.5) is 10.6 Å². The molecule has 0 aliphatic rings. The van der Waals surface area contributed by atoms with E-state index in [0.717, 1.165) is 0 Å². The minimum absolute atomic E-state index is 0.0821. The van der Waals surface area contributed by atoms with Crippen LogP contribution in [0.25, 0.3) is 0 Å². The van der Waals surface area contributed by atoms with Gasteiger partial charge >= 0.3 is 6.09 Å². The maximum Gasteiger partial charge on any atom is 0.418 e. The van der Waals surface area contributed by atoms with Crippen molar-refractivity contribution >= 4 is 18.2 Å². The zero-order chi connectivity index (χ0) is 12.8. The van der Waals surface area contributed by atoms with Crippen molar-refractivity contribution in [3.63, 3.8) is 0 Å². The number of nitrogens with zero attached hydrogens (tertiary/aromatic N) is 3. The molecule has 0 saturated heterocycles. The fourth-order valence-electron chi connectivity index (χ4n) is 1.10. The lowest BCUT2D eigenvalue weighted by Gasteiger charge is -2.07. The van der Waals surface area contributed by atoms with Gasteiger partial charge in [0, 0.05) is 13.1 Å². The molecule has 0 aromatic carbocycles. The van der Waals surface area contributed by atoms with E-state index in [1.165, 1.54) is 10.7 Å². The summed E-state index contributed by atoms with van der Waals surface area (Å²) in [5.41, 5.74) is 0. The van der Waals surface area contributed by atoms with Gasteiger partial charge in [-0.05, 0) is 0 Å². The van der Waals surface area contributed by atoms with Gasteiger partial charge in [-0.15, -0.1) is 0 Å². The molecule has 94 valence electrons. The number of amides is 1. The van der Waals surface area contributed by atoms with Gasteiger partial charge in [-0.3, -0.25) is 5.41 Å². The molecule has 0 radical (unpaired) electrons. The summed E-state index contributed by atoms with van der Waals surface area (Å²) >= 11 is 0. The Morgan fingerprint density at radius 3 is 3.00 bits per heavy atom. The number of nitrogens with one attached hydrogen (secondary N) is 1. The highest BCUT2D eigenvalue weighted by Gasteiger charge is 2.17. The van der Waals surface area contributed by atoms with Crippen molar-refractivity contribution in [1.82, 2.24) is 9.78 Å². The molecule has 0 unspecified atom stereocenters. The largest absolute Gasteiger partial charge is 0.475 e. The molecule has 0 bridgehead atoms. The molecule has 1 amide bonds. The Morgan fingerprint density at radius 2 is 2.47 bits per heavy atom. The molecule has 9 nitrogen and oxygen atoms in total. The van der Waals surface area contributed by atoms with E-state index in [-0.39, 0.29) is 19.0 Å². The summed E-state index contributed by atoms with van der Waals surface area (Å²) in [4.78, 5) is 15.7. The quantitative estimate of drug-likeness (QED) is 0.274. The number of hydrogen-bond donors (Lipinski definition) is 3. The second-order valence-corrected chi connectivity index (χ2v) is 2.97. The van der Waals surface area contributed by atoms with Gasteiger partial charge in [-0.25, -0.2) is 20.3 Å². The SMILES string of the molecule is Cn1nc(N(C=N)C(=O)O)cc1OCCON. The van der Waals surface area contributed by atoms with E-state index < -0.39 is 6.09 Å². The minimum Gasteiger partial charge on any atom is -0.475 e. The van der Waals surface area contributed by atoms with E-state index in [2.05, 4.69) is 9.94 Å². The molecule has 9 heteroatoms. The molecular formula is C8H13N5O4. The van der Waals surface area contributed by atoms with Crippen LogP contribution in [0.2, 0.25) is 0 Å². The Hall–Kier alpha value is -2.13. The first-order chi connectivity index (χ1) is 8.10. The van der Waals surface area contributed by atoms with E-state index in [9.17, 15) is 4.79 Å². The molecule has 0 saturated carbocycles. The first-order valence-corrected chi connectivity index (χ1v) is 4.61. The van der Waals surface area contributed by atoms with Crippen LogP contribution in [0, 0.1) is 5.41 Å². The zero-order valence-electron chi connectivity index (χ0n) is 9.16. The molecular weight excluding hydrogens is 230 g/mol. The van der Waals surface area contributed by atoms with Crippen LogP contribution in [0.3, 0.4) is 0 Å². The van der Waals surface area contributed by atoms with E-state index in [1.807, 2.05) is 0 Å². The molecule has 1 rings (SSSR count). The number of rotatable bonds is 6. The van der Waals surface area contributed by atoms with Gasteiger partial charge in [0.25, 0.3) is 0 Å². The van der Waals surface area contributed by atoms with Gasteiger partial charge in [0.05, 0.1) is 6.34 Å². The Kier molecular flexibility index (Phi) is 4.43. The number of anilines is 1. The van der Waals surface area contributed by atoms with Crippen LogP contribution in [-0.2, 0) is 11.9 Å². The third-order valence-electron chi connectivity index (χ3n) is 1.86. The number of aromatic nitrogens is 2. The number of carbonyl (C=O) groups is 1. The normalized spacial score (nSPS) is 10.0. The van der Waals surface area contributed by atoms with Crippen molar-refractivity contribution in [3.05, 3.63) is 6.07 Å². The van der Waals surface area contributed by atoms with Crippen molar-refractivity contribution in [2.24, 2.45) is 12.9 Å². The summed E-state index contributed by atoms with van der Waals surface area (Å²) < 4.78 is 6.59. The van der Waals surface area contributed by atoms with E-state index in [0.29, 0.717) is 17.1 Å². The van der Waals surface area contributed by atoms with Gasteiger partial charge in [-0.1, -0.05) is 0 Å². The average molecular weight is 243 g/mol. The Bertz CT molecular complexity index is 405. The molecule has 0 fully saturated rings. The van der Waals surface area contributed by atoms with Crippen molar-refractivity contribution in [1.29, 1.82) is 5.41 Å². The summed E-state index contributed by atoms with van der Waals surface area (Å²) in [7, 11) is 1.59. The summed E-state index contributed by atoms with van der Waals surface area (Å²) in [6.45, 7) is 0.418. The summed E-state index contributed by atoms with van der Waals surface area (Å²) in [5.74, 6) is 5.26. The van der Waals surface area contributed by atoms with Crippen LogP contribution in [-0.4, -0.2) is 40.5 Å². The fourth-order valence-corrected chi connectivity index (χ4v) is 1.10. The lowest BCUT2D eigenvalue weighted by molar-refractivity contribution is 0.0986. The zero-order valence-corrected chi connectivity index (χ0v) is 9.16. The predicted molar refractivity (Wildman–Crippen MR) is 58.1 cm³/mol. The molecule has 0 atom stereocenters. The molecule has 1 aromatic heterocycles. The van der Waals surface area contributed by atoms with Gasteiger partial charge in [0.2, 0.25) is 5.88 Å². The summed E-state index contributed by atoms with van der Waals surface area (Å²) in [5, 5.41) is 19.7. The molecule has 0 aliphatic carbocycles. The Balaban J connectivity index is 2.79. The highest BCUT2D eigenvalue weighted by atomic mass is 16.6. The highest BCUT2D eigenvalue weighted by Crippen LogP contribution is 2.18. The third kappa shape index (κ3) is 3.16. The van der Waals surface area contributed by atoms with Gasteiger partial charge in [-0.2, -0.15) is 5.10 Å². The number of aryl methyl sites for hydroxylation is 1. The number of ether oxygens (including phenoxy) is 1. The fraction of sp³-hybridized carbons (Fsp3) is 0.375. The van der Waals surface area contributed by atoms with E-state index >= 15 is 0 Å². The summed E-state index contributed by atoms with van der Waals surface area (Å²) in [6, 6.07) is 1.40. The monoisotopic (exact) mass is 243 g/mol. The first kappa shape index (κ1) is 12.9. The van der Waals surface area contributed by atoms with E-state index in [1.54, 1.807) is 7.05 Å². The topological polar surface area (TPSA) is 127 Å². The maximum absolute atomic E-state index is 10.8. The van der Waals surface area contributed by atoms with Crippen molar-refractivity contribution < 1.29 is 19.5 Å². The molecule has 0 spiro atoms. The Morgan fingerprint density at radius 1 is 1.76 bits per heavy atom. The van der Waals surface area contributed by atoms with Crippen molar-refractivity contribution in [2.75, 3.05) is 18.1 Å². The summed E-state index contributed by atoms with van der Waals surface area (Å²) in [6.07, 6.45) is -0.646. The lowest BCUT2D eigenvalue weighted by Crippen LogP contribution is -2.27. The van der Waals surface area contributed by atoms with Gasteiger partial charge < -0.3 is 14.7 Å². The Labute approximate surface area is 96.8 Å². The predicted octanol–water partition coefficient (Wildman–Crippen LogP) is -0.219. The number of carboxylic acid groups (broad SMARTS) is 1. The van der Waals surface area contributed by atoms with Crippen LogP contribution in [0.1, 0.15) is 0 Å². The number of hydrogen-bond acceptors (Lipinski definition) is 6. The maximum atomic E-state index is 10.8. The standard InChI is InChI=1S/C8H13N5O4/c1-12-7(16-2-3-17-10)4-6(11-12)13(5-9)8(14)15/h4-5,9H,2-3,10H2,1H3,(H,14,15). The van der Waals surface area contributed by atoms with Gasteiger partial charge in [0.15, 0.2) is 5.82 Å². The average Bonchev–Trinajstić information content (AvgIpc) is 2.61. The molecule has 4 N–H and O–H groups in total. The molecule has 0 aliphatic heterocycles. The number of nitrogens with two attached hydrogens (primary N) is 1. The second kappa shape index (κ2) is 5.82. The highest BCUT2D eigenvalue weighted by molar-refractivity contribution is 6.02. The van der Waals surface area contributed by atoms with Crippen molar-refractivity contribution in [3.8, 4) is 5.88 Å². The molecule has 17 heavy (non-hydrogen) atoms. The van der Waals surface area contributed by atoms with Crippen molar-refractivity contribution in [2.45, 2.75) is 0 Å². The molecule has 1 aromatic rings. The first-order valence-electron chi connectivity index (χ1n) is 4.61. The minimum atomic E-state index is -1.30.